The Labute approximate surface area is 112 Å². The van der Waals surface area contributed by atoms with Crippen molar-refractivity contribution in [2.75, 3.05) is 5.73 Å². The molecule has 0 atom stereocenters. The fourth-order valence-electron chi connectivity index (χ4n) is 1.49. The Balaban J connectivity index is 2.38. The molecule has 0 aliphatic rings. The molecule has 18 heavy (non-hydrogen) atoms. The molecule has 1 heterocycles. The van der Waals surface area contributed by atoms with Gasteiger partial charge in [0.25, 0.3) is 0 Å². The molecule has 0 saturated heterocycles. The quantitative estimate of drug-likeness (QED) is 0.855. The summed E-state index contributed by atoms with van der Waals surface area (Å²) in [6.07, 6.45) is 0. The van der Waals surface area contributed by atoms with E-state index in [0.717, 1.165) is 21.3 Å². The third kappa shape index (κ3) is 2.82. The first kappa shape index (κ1) is 12.9. The smallest absolute Gasteiger partial charge is 0.134 e. The molecule has 3 nitrogen and oxygen atoms in total. The van der Waals surface area contributed by atoms with Crippen LogP contribution in [0.4, 0.5) is 5.82 Å². The Bertz CT molecular complexity index is 538. The van der Waals surface area contributed by atoms with E-state index in [4.69, 9.17) is 5.73 Å². The van der Waals surface area contributed by atoms with E-state index in [0.29, 0.717) is 5.82 Å². The maximum atomic E-state index is 5.95. The zero-order chi connectivity index (χ0) is 13.1. The topological polar surface area (TPSA) is 51.8 Å². The van der Waals surface area contributed by atoms with Crippen LogP contribution in [0.25, 0.3) is 0 Å². The summed E-state index contributed by atoms with van der Waals surface area (Å²) < 4.78 is 0. The average molecular weight is 259 g/mol. The Kier molecular flexibility index (Phi) is 3.87. The molecule has 0 aliphatic carbocycles. The van der Waals surface area contributed by atoms with Gasteiger partial charge in [0.05, 0.1) is 0 Å². The van der Waals surface area contributed by atoms with E-state index in [-0.39, 0.29) is 5.92 Å². The van der Waals surface area contributed by atoms with Crippen LogP contribution in [0, 0.1) is 6.92 Å². The molecule has 0 aliphatic heterocycles. The molecule has 4 heteroatoms. The van der Waals surface area contributed by atoms with Gasteiger partial charge >= 0.3 is 0 Å². The molecule has 0 fully saturated rings. The first-order chi connectivity index (χ1) is 8.58. The number of benzene rings is 1. The average Bonchev–Trinajstić information content (AvgIpc) is 2.35. The van der Waals surface area contributed by atoms with E-state index in [1.165, 1.54) is 0 Å². The van der Waals surface area contributed by atoms with Crippen LogP contribution in [0.2, 0.25) is 0 Å². The second-order valence-corrected chi connectivity index (χ2v) is 5.53. The van der Waals surface area contributed by atoms with Crippen molar-refractivity contribution in [3.8, 4) is 0 Å². The van der Waals surface area contributed by atoms with Crippen molar-refractivity contribution in [2.24, 2.45) is 0 Å². The molecule has 2 N–H and O–H groups in total. The number of hydrogen-bond acceptors (Lipinski definition) is 4. The first-order valence-electron chi connectivity index (χ1n) is 5.95. The van der Waals surface area contributed by atoms with Gasteiger partial charge in [-0.2, -0.15) is 0 Å². The number of anilines is 1. The fourth-order valence-corrected chi connectivity index (χ4v) is 2.40. The highest BCUT2D eigenvalue weighted by Gasteiger charge is 2.12. The number of aromatic nitrogens is 2. The number of nitrogens with two attached hydrogens (primary N) is 1. The molecule has 2 rings (SSSR count). The third-order valence-corrected chi connectivity index (χ3v) is 3.73. The van der Waals surface area contributed by atoms with Crippen LogP contribution >= 0.6 is 11.8 Å². The van der Waals surface area contributed by atoms with Gasteiger partial charge in [0, 0.05) is 16.4 Å². The number of rotatable bonds is 3. The molecule has 2 aromatic rings. The van der Waals surface area contributed by atoms with Gasteiger partial charge in [-0.25, -0.2) is 9.97 Å². The molecular formula is C14H17N3S. The lowest BCUT2D eigenvalue weighted by Gasteiger charge is -2.11. The van der Waals surface area contributed by atoms with Gasteiger partial charge in [-0.05, 0) is 19.1 Å². The summed E-state index contributed by atoms with van der Waals surface area (Å²) in [5.74, 6) is 1.66. The Morgan fingerprint density at radius 1 is 1.11 bits per heavy atom. The molecule has 94 valence electrons. The number of hydrogen-bond donors (Lipinski definition) is 1. The number of nitrogens with zero attached hydrogens (tertiary/aromatic N) is 2. The summed E-state index contributed by atoms with van der Waals surface area (Å²) in [5, 5.41) is 0.942. The van der Waals surface area contributed by atoms with E-state index in [9.17, 15) is 0 Å². The van der Waals surface area contributed by atoms with E-state index in [1.54, 1.807) is 11.8 Å². The minimum absolute atomic E-state index is 0.281. The molecule has 0 unspecified atom stereocenters. The van der Waals surface area contributed by atoms with Crippen LogP contribution in [0.5, 0.6) is 0 Å². The van der Waals surface area contributed by atoms with E-state index in [2.05, 4.69) is 35.9 Å². The predicted octanol–water partition coefficient (Wildman–Crippen LogP) is 3.64. The van der Waals surface area contributed by atoms with Gasteiger partial charge in [0.2, 0.25) is 0 Å². The fraction of sp³-hybridized carbons (Fsp3) is 0.286. The SMILES string of the molecule is Cc1c(N)nc(C(C)C)nc1Sc1ccccc1. The second-order valence-electron chi connectivity index (χ2n) is 4.47. The summed E-state index contributed by atoms with van der Waals surface area (Å²) in [7, 11) is 0. The molecule has 0 radical (unpaired) electrons. The van der Waals surface area contributed by atoms with Crippen molar-refractivity contribution < 1.29 is 0 Å². The van der Waals surface area contributed by atoms with Gasteiger partial charge in [-0.15, -0.1) is 0 Å². The summed E-state index contributed by atoms with van der Waals surface area (Å²) in [6, 6.07) is 10.2. The standard InChI is InChI=1S/C14H17N3S/c1-9(2)13-16-12(15)10(3)14(17-13)18-11-7-5-4-6-8-11/h4-9H,1-3H3,(H2,15,16,17). The van der Waals surface area contributed by atoms with Crippen LogP contribution in [-0.4, -0.2) is 9.97 Å². The molecule has 1 aromatic heterocycles. The molecular weight excluding hydrogens is 242 g/mol. The van der Waals surface area contributed by atoms with E-state index < -0.39 is 0 Å². The predicted molar refractivity (Wildman–Crippen MR) is 75.8 cm³/mol. The summed E-state index contributed by atoms with van der Waals surface area (Å²) in [4.78, 5) is 10.1. The number of nitrogen functional groups attached to an aromatic ring is 1. The summed E-state index contributed by atoms with van der Waals surface area (Å²) >= 11 is 1.63. The van der Waals surface area contributed by atoms with Gasteiger partial charge < -0.3 is 5.73 Å². The lowest BCUT2D eigenvalue weighted by Crippen LogP contribution is -2.05. The maximum absolute atomic E-state index is 5.95. The normalized spacial score (nSPS) is 10.9. The monoisotopic (exact) mass is 259 g/mol. The van der Waals surface area contributed by atoms with Crippen LogP contribution in [0.15, 0.2) is 40.3 Å². The van der Waals surface area contributed by atoms with Crippen molar-refractivity contribution in [1.29, 1.82) is 0 Å². The van der Waals surface area contributed by atoms with Crippen molar-refractivity contribution >= 4 is 17.6 Å². The second kappa shape index (κ2) is 5.40. The third-order valence-electron chi connectivity index (χ3n) is 2.63. The molecule has 0 spiro atoms. The van der Waals surface area contributed by atoms with E-state index in [1.807, 2.05) is 25.1 Å². The van der Waals surface area contributed by atoms with Gasteiger partial charge in [-0.3, -0.25) is 0 Å². The van der Waals surface area contributed by atoms with Crippen molar-refractivity contribution in [3.63, 3.8) is 0 Å². The molecule has 0 saturated carbocycles. The van der Waals surface area contributed by atoms with E-state index >= 15 is 0 Å². The van der Waals surface area contributed by atoms with Crippen LogP contribution < -0.4 is 5.73 Å². The van der Waals surface area contributed by atoms with Crippen molar-refractivity contribution in [2.45, 2.75) is 36.6 Å². The van der Waals surface area contributed by atoms with Crippen LogP contribution in [0.3, 0.4) is 0 Å². The molecule has 0 amide bonds. The van der Waals surface area contributed by atoms with Crippen LogP contribution in [-0.2, 0) is 0 Å². The summed E-state index contributed by atoms with van der Waals surface area (Å²) in [6.45, 7) is 6.10. The Morgan fingerprint density at radius 3 is 2.39 bits per heavy atom. The summed E-state index contributed by atoms with van der Waals surface area (Å²) in [5.41, 5.74) is 6.90. The Morgan fingerprint density at radius 2 is 1.78 bits per heavy atom. The Hall–Kier alpha value is -1.55. The highest BCUT2D eigenvalue weighted by Crippen LogP contribution is 2.31. The minimum atomic E-state index is 0.281. The molecule has 1 aromatic carbocycles. The lowest BCUT2D eigenvalue weighted by atomic mass is 10.2. The van der Waals surface area contributed by atoms with Gasteiger partial charge in [0.15, 0.2) is 0 Å². The lowest BCUT2D eigenvalue weighted by molar-refractivity contribution is 0.751. The van der Waals surface area contributed by atoms with Crippen LogP contribution in [0.1, 0.15) is 31.2 Å². The minimum Gasteiger partial charge on any atom is -0.383 e. The highest BCUT2D eigenvalue weighted by molar-refractivity contribution is 7.99. The largest absolute Gasteiger partial charge is 0.383 e. The van der Waals surface area contributed by atoms with Gasteiger partial charge in [-0.1, -0.05) is 43.8 Å². The van der Waals surface area contributed by atoms with Gasteiger partial charge in [0.1, 0.15) is 16.7 Å². The molecule has 0 bridgehead atoms. The zero-order valence-electron chi connectivity index (χ0n) is 10.8. The first-order valence-corrected chi connectivity index (χ1v) is 6.76. The van der Waals surface area contributed by atoms with Crippen molar-refractivity contribution in [1.82, 2.24) is 9.97 Å². The van der Waals surface area contributed by atoms with Crippen molar-refractivity contribution in [3.05, 3.63) is 41.7 Å². The maximum Gasteiger partial charge on any atom is 0.134 e. The highest BCUT2D eigenvalue weighted by atomic mass is 32.2. The zero-order valence-corrected chi connectivity index (χ0v) is 11.7.